The fraction of sp³-hybridized carbons (Fsp3) is 0.471. The number of carbonyl (C=O) groups is 1. The molecule has 1 heterocycles. The van der Waals surface area contributed by atoms with Crippen molar-refractivity contribution in [2.45, 2.75) is 46.7 Å². The number of aromatic nitrogens is 3. The number of carbonyl (C=O) groups excluding carboxylic acids is 1. The lowest BCUT2D eigenvalue weighted by Gasteiger charge is -2.16. The van der Waals surface area contributed by atoms with Crippen LogP contribution in [0.5, 0.6) is 5.75 Å². The van der Waals surface area contributed by atoms with E-state index in [0.717, 1.165) is 5.56 Å². The summed E-state index contributed by atoms with van der Waals surface area (Å²) >= 11 is 0. The number of nitrogens with one attached hydrogen (secondary N) is 1. The largest absolute Gasteiger partial charge is 0.495 e. The molecule has 2 aromatic rings. The van der Waals surface area contributed by atoms with Gasteiger partial charge in [0.1, 0.15) is 18.1 Å². The van der Waals surface area contributed by atoms with Crippen LogP contribution < -0.4 is 15.7 Å². The fourth-order valence-corrected chi connectivity index (χ4v) is 2.37. The Labute approximate surface area is 141 Å². The van der Waals surface area contributed by atoms with Gasteiger partial charge in [0, 0.05) is 0 Å². The Morgan fingerprint density at radius 1 is 1.29 bits per heavy atom. The molecule has 1 aromatic heterocycles. The second kappa shape index (κ2) is 6.51. The van der Waals surface area contributed by atoms with E-state index in [-0.39, 0.29) is 18.1 Å². The summed E-state index contributed by atoms with van der Waals surface area (Å²) in [6, 6.07) is 5.52. The topological polar surface area (TPSA) is 78.2 Å². The lowest BCUT2D eigenvalue weighted by molar-refractivity contribution is -0.116. The van der Waals surface area contributed by atoms with Gasteiger partial charge in [-0.1, -0.05) is 6.07 Å². The molecule has 0 fully saturated rings. The van der Waals surface area contributed by atoms with Crippen molar-refractivity contribution in [3.8, 4) is 5.75 Å². The van der Waals surface area contributed by atoms with Crippen molar-refractivity contribution in [3.63, 3.8) is 0 Å². The van der Waals surface area contributed by atoms with Gasteiger partial charge in [-0.3, -0.25) is 9.36 Å². The van der Waals surface area contributed by atoms with Crippen molar-refractivity contribution in [3.05, 3.63) is 40.1 Å². The molecule has 7 heteroatoms. The molecule has 0 saturated carbocycles. The van der Waals surface area contributed by atoms with E-state index in [1.54, 1.807) is 20.1 Å². The second-order valence-electron chi connectivity index (χ2n) is 6.75. The number of aryl methyl sites for hydroxylation is 2. The van der Waals surface area contributed by atoms with Crippen molar-refractivity contribution in [2.24, 2.45) is 0 Å². The quantitative estimate of drug-likeness (QED) is 0.929. The van der Waals surface area contributed by atoms with Gasteiger partial charge >= 0.3 is 5.69 Å². The number of methoxy groups -OCH3 is 1. The molecular weight excluding hydrogens is 308 g/mol. The van der Waals surface area contributed by atoms with E-state index in [2.05, 4.69) is 10.4 Å². The highest BCUT2D eigenvalue weighted by Crippen LogP contribution is 2.25. The minimum absolute atomic E-state index is 0.0994. The predicted molar refractivity (Wildman–Crippen MR) is 92.6 cm³/mol. The first-order valence-corrected chi connectivity index (χ1v) is 7.75. The molecule has 24 heavy (non-hydrogen) atoms. The van der Waals surface area contributed by atoms with E-state index in [0.29, 0.717) is 17.3 Å². The first-order chi connectivity index (χ1) is 11.1. The number of rotatable bonds is 4. The Morgan fingerprint density at radius 2 is 1.96 bits per heavy atom. The first kappa shape index (κ1) is 17.8. The molecule has 1 aromatic carbocycles. The second-order valence-corrected chi connectivity index (χ2v) is 6.75. The van der Waals surface area contributed by atoms with Crippen LogP contribution in [0, 0.1) is 13.8 Å². The van der Waals surface area contributed by atoms with Crippen LogP contribution in [0.25, 0.3) is 0 Å². The number of anilines is 1. The minimum atomic E-state index is -0.441. The molecule has 0 aliphatic carbocycles. The Morgan fingerprint density at radius 3 is 2.50 bits per heavy atom. The third kappa shape index (κ3) is 3.67. The highest BCUT2D eigenvalue weighted by Gasteiger charge is 2.22. The van der Waals surface area contributed by atoms with Crippen LogP contribution >= 0.6 is 0 Å². The summed E-state index contributed by atoms with van der Waals surface area (Å²) < 4.78 is 8.00. The number of benzene rings is 1. The van der Waals surface area contributed by atoms with E-state index in [4.69, 9.17) is 4.74 Å². The SMILES string of the molecule is COc1ccc(C)cc1NC(=O)Cn1c(C)nn(C(C)(C)C)c1=O. The average molecular weight is 332 g/mol. The monoisotopic (exact) mass is 332 g/mol. The van der Waals surface area contributed by atoms with Crippen LogP contribution in [0.2, 0.25) is 0 Å². The van der Waals surface area contributed by atoms with Crippen LogP contribution in [0.3, 0.4) is 0 Å². The highest BCUT2D eigenvalue weighted by molar-refractivity contribution is 5.92. The average Bonchev–Trinajstić information content (AvgIpc) is 2.75. The summed E-state index contributed by atoms with van der Waals surface area (Å²) in [5.41, 5.74) is 0.839. The maximum atomic E-state index is 12.5. The van der Waals surface area contributed by atoms with Crippen LogP contribution in [0.4, 0.5) is 5.69 Å². The lowest BCUT2D eigenvalue weighted by atomic mass is 10.1. The van der Waals surface area contributed by atoms with Gasteiger partial charge in [0.25, 0.3) is 0 Å². The zero-order chi connectivity index (χ0) is 18.1. The van der Waals surface area contributed by atoms with Crippen LogP contribution in [0.15, 0.2) is 23.0 Å². The number of hydrogen-bond acceptors (Lipinski definition) is 4. The summed E-state index contributed by atoms with van der Waals surface area (Å²) in [4.78, 5) is 24.8. The van der Waals surface area contributed by atoms with Crippen LogP contribution in [0.1, 0.15) is 32.2 Å². The van der Waals surface area contributed by atoms with Crippen molar-refractivity contribution >= 4 is 11.6 Å². The number of ether oxygens (including phenoxy) is 1. The third-order valence-electron chi connectivity index (χ3n) is 3.61. The molecule has 1 N–H and O–H groups in total. The molecule has 0 aliphatic heterocycles. The molecule has 0 radical (unpaired) electrons. The highest BCUT2D eigenvalue weighted by atomic mass is 16.5. The van der Waals surface area contributed by atoms with Crippen molar-refractivity contribution in [1.29, 1.82) is 0 Å². The molecule has 0 aliphatic rings. The minimum Gasteiger partial charge on any atom is -0.495 e. The molecule has 7 nitrogen and oxygen atoms in total. The third-order valence-corrected chi connectivity index (χ3v) is 3.61. The zero-order valence-electron chi connectivity index (χ0n) is 15.0. The van der Waals surface area contributed by atoms with Gasteiger partial charge in [0.05, 0.1) is 18.3 Å². The Hall–Kier alpha value is -2.57. The van der Waals surface area contributed by atoms with Gasteiger partial charge in [-0.25, -0.2) is 9.48 Å². The number of nitrogens with zero attached hydrogens (tertiary/aromatic N) is 3. The summed E-state index contributed by atoms with van der Waals surface area (Å²) in [6.45, 7) is 9.22. The molecule has 0 spiro atoms. The summed E-state index contributed by atoms with van der Waals surface area (Å²) in [5.74, 6) is 0.766. The van der Waals surface area contributed by atoms with E-state index in [9.17, 15) is 9.59 Å². The maximum Gasteiger partial charge on any atom is 0.346 e. The fourth-order valence-electron chi connectivity index (χ4n) is 2.37. The van der Waals surface area contributed by atoms with Gasteiger partial charge < -0.3 is 10.1 Å². The molecule has 0 atom stereocenters. The first-order valence-electron chi connectivity index (χ1n) is 7.75. The molecule has 1 amide bonds. The molecule has 2 rings (SSSR count). The van der Waals surface area contributed by atoms with Gasteiger partial charge in [-0.15, -0.1) is 0 Å². The summed E-state index contributed by atoms with van der Waals surface area (Å²) in [7, 11) is 1.54. The predicted octanol–water partition coefficient (Wildman–Crippen LogP) is 2.06. The van der Waals surface area contributed by atoms with Gasteiger partial charge in [-0.05, 0) is 52.3 Å². The van der Waals surface area contributed by atoms with Crippen LogP contribution in [-0.4, -0.2) is 27.4 Å². The van der Waals surface area contributed by atoms with E-state index < -0.39 is 5.54 Å². The lowest BCUT2D eigenvalue weighted by Crippen LogP contribution is -2.37. The summed E-state index contributed by atoms with van der Waals surface area (Å²) in [5, 5.41) is 7.04. The Bertz CT molecular complexity index is 812. The molecular formula is C17H24N4O3. The van der Waals surface area contributed by atoms with Crippen molar-refractivity contribution in [1.82, 2.24) is 14.3 Å². The molecule has 0 bridgehead atoms. The number of amides is 1. The van der Waals surface area contributed by atoms with Gasteiger partial charge in [0.2, 0.25) is 5.91 Å². The van der Waals surface area contributed by atoms with Gasteiger partial charge in [-0.2, -0.15) is 5.10 Å². The van der Waals surface area contributed by atoms with E-state index in [1.165, 1.54) is 9.25 Å². The maximum absolute atomic E-state index is 12.5. The van der Waals surface area contributed by atoms with Crippen molar-refractivity contribution in [2.75, 3.05) is 12.4 Å². The summed E-state index contributed by atoms with van der Waals surface area (Å²) in [6.07, 6.45) is 0. The van der Waals surface area contributed by atoms with E-state index in [1.807, 2.05) is 39.8 Å². The Balaban J connectivity index is 2.24. The van der Waals surface area contributed by atoms with Crippen molar-refractivity contribution < 1.29 is 9.53 Å². The zero-order valence-corrected chi connectivity index (χ0v) is 15.0. The molecule has 0 unspecified atom stereocenters. The standard InChI is InChI=1S/C17H24N4O3/c1-11-7-8-14(24-6)13(9-11)18-15(22)10-20-12(2)19-21(16(20)23)17(3,4)5/h7-9H,10H2,1-6H3,(H,18,22). The van der Waals surface area contributed by atoms with Crippen LogP contribution in [-0.2, 0) is 16.9 Å². The van der Waals surface area contributed by atoms with E-state index >= 15 is 0 Å². The number of hydrogen-bond donors (Lipinski definition) is 1. The molecule has 130 valence electrons. The smallest absolute Gasteiger partial charge is 0.346 e. The van der Waals surface area contributed by atoms with Gasteiger partial charge in [0.15, 0.2) is 0 Å². The normalized spacial score (nSPS) is 11.4. The molecule has 0 saturated heterocycles. The Kier molecular flexibility index (Phi) is 4.82.